The number of benzene rings is 1. The van der Waals surface area contributed by atoms with Crippen molar-refractivity contribution in [1.29, 1.82) is 0 Å². The van der Waals surface area contributed by atoms with Gasteiger partial charge in [-0.2, -0.15) is 0 Å². The van der Waals surface area contributed by atoms with Crippen LogP contribution in [-0.4, -0.2) is 19.2 Å². The normalized spacial score (nSPS) is 21.4. The van der Waals surface area contributed by atoms with E-state index in [2.05, 4.69) is 12.7 Å². The Bertz CT molecular complexity index is 1130. The van der Waals surface area contributed by atoms with E-state index in [1.807, 2.05) is 45.1 Å². The van der Waals surface area contributed by atoms with Crippen LogP contribution < -0.4 is 10.2 Å². The van der Waals surface area contributed by atoms with Gasteiger partial charge in [0.2, 0.25) is 5.43 Å². The van der Waals surface area contributed by atoms with Crippen molar-refractivity contribution in [2.24, 2.45) is 0 Å². The third-order valence-corrected chi connectivity index (χ3v) is 5.97. The van der Waals surface area contributed by atoms with E-state index < -0.39 is 5.41 Å². The molecule has 2 heterocycles. The SMILES string of the molecule is C=C[C@]1(C)C[C@H](C=C(C)CCC=C(C)C(=O)OC)Oc2oc3cccc(C)c3c(=O)c21. The fraction of sp³-hybridized carbons (Fsp3) is 0.385. The second-order valence-electron chi connectivity index (χ2n) is 8.45. The summed E-state index contributed by atoms with van der Waals surface area (Å²) in [6.07, 6.45) is 7.62. The second-order valence-corrected chi connectivity index (χ2v) is 8.45. The molecule has 3 rings (SSSR count). The molecule has 0 spiro atoms. The maximum atomic E-state index is 13.3. The molecule has 0 unspecified atom stereocenters. The molecule has 0 saturated carbocycles. The number of rotatable bonds is 6. The van der Waals surface area contributed by atoms with Crippen molar-refractivity contribution in [3.8, 4) is 5.95 Å². The Morgan fingerprint density at radius 1 is 1.35 bits per heavy atom. The fourth-order valence-corrected chi connectivity index (χ4v) is 4.10. The van der Waals surface area contributed by atoms with Crippen molar-refractivity contribution in [3.05, 3.63) is 75.5 Å². The average Bonchev–Trinajstić information content (AvgIpc) is 2.72. The topological polar surface area (TPSA) is 65.7 Å². The van der Waals surface area contributed by atoms with Gasteiger partial charge in [0.25, 0.3) is 5.95 Å². The van der Waals surface area contributed by atoms with Crippen LogP contribution in [0.1, 0.15) is 51.2 Å². The first-order chi connectivity index (χ1) is 14.7. The minimum Gasteiger partial charge on any atom is -0.466 e. The molecule has 0 bridgehead atoms. The van der Waals surface area contributed by atoms with Crippen LogP contribution in [0, 0.1) is 6.92 Å². The Labute approximate surface area is 183 Å². The summed E-state index contributed by atoms with van der Waals surface area (Å²) in [5.41, 5.74) is 3.05. The van der Waals surface area contributed by atoms with Crippen molar-refractivity contribution in [2.45, 2.75) is 58.5 Å². The van der Waals surface area contributed by atoms with Gasteiger partial charge in [-0.25, -0.2) is 4.79 Å². The monoisotopic (exact) mass is 422 g/mol. The van der Waals surface area contributed by atoms with Gasteiger partial charge in [-0.05, 0) is 51.3 Å². The molecule has 2 aromatic rings. The van der Waals surface area contributed by atoms with E-state index >= 15 is 0 Å². The highest BCUT2D eigenvalue weighted by atomic mass is 16.6. The van der Waals surface area contributed by atoms with E-state index in [0.29, 0.717) is 28.5 Å². The molecule has 1 aliphatic rings. The molecule has 5 nitrogen and oxygen atoms in total. The van der Waals surface area contributed by atoms with Gasteiger partial charge in [0.1, 0.15) is 11.7 Å². The lowest BCUT2D eigenvalue weighted by Crippen LogP contribution is -2.38. The number of ether oxygens (including phenoxy) is 2. The minimum absolute atomic E-state index is 0.0562. The Morgan fingerprint density at radius 3 is 2.77 bits per heavy atom. The summed E-state index contributed by atoms with van der Waals surface area (Å²) in [5, 5.41) is 0.593. The van der Waals surface area contributed by atoms with Crippen LogP contribution in [0.5, 0.6) is 5.95 Å². The van der Waals surface area contributed by atoms with E-state index in [9.17, 15) is 9.59 Å². The lowest BCUT2D eigenvalue weighted by atomic mass is 9.76. The molecule has 1 aromatic carbocycles. The predicted molar refractivity (Wildman–Crippen MR) is 123 cm³/mol. The van der Waals surface area contributed by atoms with Crippen molar-refractivity contribution in [3.63, 3.8) is 0 Å². The molecule has 0 radical (unpaired) electrons. The highest BCUT2D eigenvalue weighted by molar-refractivity contribution is 5.87. The van der Waals surface area contributed by atoms with Gasteiger partial charge in [-0.1, -0.05) is 36.8 Å². The molecule has 0 aliphatic carbocycles. The molecule has 31 heavy (non-hydrogen) atoms. The molecule has 0 saturated heterocycles. The maximum absolute atomic E-state index is 13.3. The maximum Gasteiger partial charge on any atom is 0.333 e. The summed E-state index contributed by atoms with van der Waals surface area (Å²) in [5.74, 6) is -0.0414. The summed E-state index contributed by atoms with van der Waals surface area (Å²) in [6.45, 7) is 11.7. The van der Waals surface area contributed by atoms with E-state index in [0.717, 1.165) is 24.0 Å². The van der Waals surface area contributed by atoms with Crippen LogP contribution in [0.15, 0.2) is 63.4 Å². The van der Waals surface area contributed by atoms with Gasteiger partial charge < -0.3 is 13.9 Å². The number of allylic oxidation sites excluding steroid dienone is 3. The van der Waals surface area contributed by atoms with Crippen LogP contribution in [0.2, 0.25) is 0 Å². The number of esters is 1. The molecule has 0 fully saturated rings. The van der Waals surface area contributed by atoms with Crippen molar-refractivity contribution < 1.29 is 18.7 Å². The largest absolute Gasteiger partial charge is 0.466 e. The van der Waals surface area contributed by atoms with Gasteiger partial charge >= 0.3 is 5.97 Å². The van der Waals surface area contributed by atoms with Crippen LogP contribution in [0.3, 0.4) is 0 Å². The van der Waals surface area contributed by atoms with Gasteiger partial charge in [-0.15, -0.1) is 6.58 Å². The third-order valence-electron chi connectivity index (χ3n) is 5.97. The lowest BCUT2D eigenvalue weighted by molar-refractivity contribution is -0.136. The number of methoxy groups -OCH3 is 1. The smallest absolute Gasteiger partial charge is 0.333 e. The van der Waals surface area contributed by atoms with Crippen molar-refractivity contribution in [1.82, 2.24) is 0 Å². The molecular formula is C26H30O5. The zero-order valence-electron chi connectivity index (χ0n) is 18.9. The highest BCUT2D eigenvalue weighted by Crippen LogP contribution is 2.42. The van der Waals surface area contributed by atoms with Crippen LogP contribution in [0.4, 0.5) is 0 Å². The predicted octanol–water partition coefficient (Wildman–Crippen LogP) is 5.54. The van der Waals surface area contributed by atoms with E-state index in [1.165, 1.54) is 7.11 Å². The van der Waals surface area contributed by atoms with E-state index in [4.69, 9.17) is 13.9 Å². The number of carbonyl (C=O) groups is 1. The first-order valence-corrected chi connectivity index (χ1v) is 10.5. The summed E-state index contributed by atoms with van der Waals surface area (Å²) in [4.78, 5) is 24.8. The lowest BCUT2D eigenvalue weighted by Gasteiger charge is -2.35. The van der Waals surface area contributed by atoms with Crippen LogP contribution >= 0.6 is 0 Å². The number of hydrogen-bond acceptors (Lipinski definition) is 5. The van der Waals surface area contributed by atoms with Crippen molar-refractivity contribution >= 4 is 16.9 Å². The first-order valence-electron chi connectivity index (χ1n) is 10.5. The number of carbonyl (C=O) groups excluding carboxylic acids is 1. The number of hydrogen-bond donors (Lipinski definition) is 0. The minimum atomic E-state index is -0.562. The molecule has 1 aliphatic heterocycles. The molecular weight excluding hydrogens is 392 g/mol. The average molecular weight is 423 g/mol. The van der Waals surface area contributed by atoms with Gasteiger partial charge in [0, 0.05) is 17.4 Å². The Kier molecular flexibility index (Phi) is 6.54. The molecule has 5 heteroatoms. The third kappa shape index (κ3) is 4.50. The zero-order valence-corrected chi connectivity index (χ0v) is 18.9. The van der Waals surface area contributed by atoms with E-state index in [-0.39, 0.29) is 23.4 Å². The Morgan fingerprint density at radius 2 is 2.10 bits per heavy atom. The molecule has 2 atom stereocenters. The highest BCUT2D eigenvalue weighted by Gasteiger charge is 2.40. The Balaban J connectivity index is 1.90. The van der Waals surface area contributed by atoms with Crippen LogP contribution in [0.25, 0.3) is 11.0 Å². The van der Waals surface area contributed by atoms with Gasteiger partial charge in [0.05, 0.1) is 18.1 Å². The van der Waals surface area contributed by atoms with Gasteiger partial charge in [-0.3, -0.25) is 4.79 Å². The molecule has 0 amide bonds. The summed E-state index contributed by atoms with van der Waals surface area (Å²) in [6, 6.07) is 5.57. The molecule has 164 valence electrons. The first kappa shape index (κ1) is 22.6. The number of fused-ring (bicyclic) bond motifs is 2. The van der Waals surface area contributed by atoms with E-state index in [1.54, 1.807) is 13.0 Å². The molecule has 0 N–H and O–H groups in total. The fourth-order valence-electron chi connectivity index (χ4n) is 4.10. The van der Waals surface area contributed by atoms with Gasteiger partial charge in [0.15, 0.2) is 0 Å². The molecule has 1 aromatic heterocycles. The summed E-state index contributed by atoms with van der Waals surface area (Å²) in [7, 11) is 1.38. The van der Waals surface area contributed by atoms with Crippen molar-refractivity contribution in [2.75, 3.05) is 7.11 Å². The second kappa shape index (κ2) is 8.96. The summed E-state index contributed by atoms with van der Waals surface area (Å²) >= 11 is 0. The quantitative estimate of drug-likeness (QED) is 0.347. The van der Waals surface area contributed by atoms with Crippen LogP contribution in [-0.2, 0) is 14.9 Å². The number of aryl methyl sites for hydroxylation is 1. The standard InChI is InChI=1S/C26H30O5/c1-7-26(5)15-19(14-16(2)10-8-12-18(4)24(28)29-6)30-25-22(26)23(27)21-17(3)11-9-13-20(21)31-25/h7,9,11-14,19H,1,8,10,15H2,2-6H3/t19-,26+/m0/s1. The Hall–Kier alpha value is -3.08. The summed E-state index contributed by atoms with van der Waals surface area (Å²) < 4.78 is 16.9. The zero-order chi connectivity index (χ0) is 22.8.